The van der Waals surface area contributed by atoms with Crippen LogP contribution >= 0.6 is 11.6 Å². The van der Waals surface area contributed by atoms with E-state index in [0.717, 1.165) is 43.0 Å². The number of halogens is 1. The number of nitrogens with zero attached hydrogens (tertiary/aromatic N) is 4. The number of amides is 1. The van der Waals surface area contributed by atoms with Gasteiger partial charge in [-0.1, -0.05) is 0 Å². The summed E-state index contributed by atoms with van der Waals surface area (Å²) in [4.78, 5) is 25.2. The first-order valence-electron chi connectivity index (χ1n) is 7.85. The number of anilines is 1. The smallest absolute Gasteiger partial charge is 0.224 e. The molecule has 3 aliphatic rings. The Balaban J connectivity index is 1.78. The molecule has 0 radical (unpaired) electrons. The molecule has 0 N–H and O–H groups in total. The zero-order valence-corrected chi connectivity index (χ0v) is 13.3. The second-order valence-electron chi connectivity index (χ2n) is 6.19. The van der Waals surface area contributed by atoms with E-state index in [1.54, 1.807) is 0 Å². The summed E-state index contributed by atoms with van der Waals surface area (Å²) in [6.45, 7) is 5.11. The lowest BCUT2D eigenvalue weighted by Gasteiger charge is -2.38. The van der Waals surface area contributed by atoms with Gasteiger partial charge in [0.1, 0.15) is 5.82 Å². The summed E-state index contributed by atoms with van der Waals surface area (Å²) >= 11 is 6.19. The average molecular weight is 323 g/mol. The largest absolute Gasteiger partial charge is 0.377 e. The van der Waals surface area contributed by atoms with Crippen molar-refractivity contribution in [2.75, 3.05) is 31.2 Å². The predicted molar refractivity (Wildman–Crippen MR) is 82.1 cm³/mol. The Morgan fingerprint density at radius 1 is 1.23 bits per heavy atom. The van der Waals surface area contributed by atoms with Crippen LogP contribution in [0.5, 0.6) is 0 Å². The molecule has 118 valence electrons. The Kier molecular flexibility index (Phi) is 3.46. The number of rotatable bonds is 1. The zero-order chi connectivity index (χ0) is 15.3. The number of hydrogen-bond donors (Lipinski definition) is 0. The molecule has 0 aromatic carbocycles. The summed E-state index contributed by atoms with van der Waals surface area (Å²) in [7, 11) is 0. The topological polar surface area (TPSA) is 58.6 Å². The fourth-order valence-electron chi connectivity index (χ4n) is 3.79. The monoisotopic (exact) mass is 322 g/mol. The lowest BCUT2D eigenvalue weighted by Crippen LogP contribution is -2.45. The van der Waals surface area contributed by atoms with Crippen molar-refractivity contribution in [1.82, 2.24) is 14.9 Å². The van der Waals surface area contributed by atoms with Crippen molar-refractivity contribution < 1.29 is 9.53 Å². The predicted octanol–water partition coefficient (Wildman–Crippen LogP) is 1.57. The van der Waals surface area contributed by atoms with E-state index in [-0.39, 0.29) is 23.3 Å². The third kappa shape index (κ3) is 2.16. The quantitative estimate of drug-likeness (QED) is 0.735. The van der Waals surface area contributed by atoms with Gasteiger partial charge in [-0.25, -0.2) is 9.97 Å². The summed E-state index contributed by atoms with van der Waals surface area (Å²) in [6.07, 6.45) is 2.24. The number of carbonyl (C=O) groups excluding carboxylic acids is 1. The van der Waals surface area contributed by atoms with Gasteiger partial charge in [0.15, 0.2) is 0 Å². The molecule has 2 fully saturated rings. The third-order valence-corrected chi connectivity index (χ3v) is 5.05. The van der Waals surface area contributed by atoms with Gasteiger partial charge in [0, 0.05) is 25.1 Å². The van der Waals surface area contributed by atoms with E-state index in [2.05, 4.69) is 21.8 Å². The molecule has 4 heterocycles. The van der Waals surface area contributed by atoms with Crippen LogP contribution < -0.4 is 4.90 Å². The van der Waals surface area contributed by atoms with Crippen LogP contribution in [0.2, 0.25) is 5.28 Å². The van der Waals surface area contributed by atoms with E-state index in [4.69, 9.17) is 16.3 Å². The number of fused-ring (bicyclic) bond motifs is 3. The maximum atomic E-state index is 12.0. The van der Waals surface area contributed by atoms with Crippen LogP contribution in [0.4, 0.5) is 5.82 Å². The van der Waals surface area contributed by atoms with E-state index in [1.807, 2.05) is 4.90 Å². The molecule has 3 aliphatic heterocycles. The number of ether oxygens (including phenoxy) is 1. The van der Waals surface area contributed by atoms with Crippen molar-refractivity contribution in [3.05, 3.63) is 16.5 Å². The van der Waals surface area contributed by atoms with Crippen molar-refractivity contribution in [1.29, 1.82) is 0 Å². The summed E-state index contributed by atoms with van der Waals surface area (Å²) in [5.41, 5.74) is 2.11. The molecule has 22 heavy (non-hydrogen) atoms. The van der Waals surface area contributed by atoms with E-state index < -0.39 is 0 Å². The molecule has 2 saturated heterocycles. The van der Waals surface area contributed by atoms with Gasteiger partial charge in [0.05, 0.1) is 31.0 Å². The van der Waals surface area contributed by atoms with E-state index >= 15 is 0 Å². The Morgan fingerprint density at radius 2 is 2.09 bits per heavy atom. The minimum Gasteiger partial charge on any atom is -0.377 e. The van der Waals surface area contributed by atoms with Gasteiger partial charge in [0.25, 0.3) is 0 Å². The van der Waals surface area contributed by atoms with Crippen LogP contribution in [-0.2, 0) is 16.0 Å². The molecule has 0 aliphatic carbocycles. The first-order valence-corrected chi connectivity index (χ1v) is 8.23. The Morgan fingerprint density at radius 3 is 2.91 bits per heavy atom. The highest BCUT2D eigenvalue weighted by Gasteiger charge is 2.39. The maximum absolute atomic E-state index is 12.0. The molecular weight excluding hydrogens is 304 g/mol. The molecule has 1 amide bonds. The van der Waals surface area contributed by atoms with Gasteiger partial charge in [0.2, 0.25) is 11.2 Å². The van der Waals surface area contributed by atoms with Crippen molar-refractivity contribution in [3.63, 3.8) is 0 Å². The molecule has 2 unspecified atom stereocenters. The van der Waals surface area contributed by atoms with Crippen LogP contribution in [0.1, 0.15) is 37.1 Å². The normalized spacial score (nSPS) is 27.8. The summed E-state index contributed by atoms with van der Waals surface area (Å²) < 4.78 is 5.52. The highest BCUT2D eigenvalue weighted by molar-refractivity contribution is 6.28. The molecule has 6 nitrogen and oxygen atoms in total. The Bertz CT molecular complexity index is 624. The van der Waals surface area contributed by atoms with Gasteiger partial charge in [-0.05, 0) is 31.4 Å². The first kappa shape index (κ1) is 14.2. The van der Waals surface area contributed by atoms with Gasteiger partial charge in [-0.3, -0.25) is 4.79 Å². The standard InChI is InChI=1S/C15H19ClN4O2/c1-9-8-22-7-6-19(9)14-10-4-5-20-11(2-3-12(20)21)13(10)17-15(16)18-14/h9,11H,2-8H2,1H3. The number of aromatic nitrogens is 2. The molecule has 4 rings (SSSR count). The van der Waals surface area contributed by atoms with Crippen LogP contribution in [0.25, 0.3) is 0 Å². The third-order valence-electron chi connectivity index (χ3n) is 4.88. The van der Waals surface area contributed by atoms with E-state index in [1.165, 1.54) is 0 Å². The van der Waals surface area contributed by atoms with Gasteiger partial charge < -0.3 is 14.5 Å². The highest BCUT2D eigenvalue weighted by Crippen LogP contribution is 2.40. The first-order chi connectivity index (χ1) is 10.6. The second-order valence-corrected chi connectivity index (χ2v) is 6.53. The Hall–Kier alpha value is -1.40. The molecule has 0 saturated carbocycles. The number of hydrogen-bond acceptors (Lipinski definition) is 5. The lowest BCUT2D eigenvalue weighted by molar-refractivity contribution is -0.129. The van der Waals surface area contributed by atoms with Gasteiger partial charge in [-0.15, -0.1) is 0 Å². The maximum Gasteiger partial charge on any atom is 0.224 e. The van der Waals surface area contributed by atoms with Crippen LogP contribution in [0.15, 0.2) is 0 Å². The van der Waals surface area contributed by atoms with Gasteiger partial charge >= 0.3 is 0 Å². The van der Waals surface area contributed by atoms with E-state index in [0.29, 0.717) is 19.6 Å². The lowest BCUT2D eigenvalue weighted by atomic mass is 9.97. The van der Waals surface area contributed by atoms with Crippen molar-refractivity contribution in [2.45, 2.75) is 38.3 Å². The van der Waals surface area contributed by atoms with Crippen molar-refractivity contribution in [2.24, 2.45) is 0 Å². The number of carbonyl (C=O) groups is 1. The zero-order valence-electron chi connectivity index (χ0n) is 12.6. The molecule has 7 heteroatoms. The number of morpholine rings is 1. The SMILES string of the molecule is CC1COCCN1c1nc(Cl)nc2c1CCN1C(=O)CCC21. The van der Waals surface area contributed by atoms with Crippen molar-refractivity contribution in [3.8, 4) is 0 Å². The molecule has 2 atom stereocenters. The molecule has 0 spiro atoms. The fraction of sp³-hybridized carbons (Fsp3) is 0.667. The van der Waals surface area contributed by atoms with E-state index in [9.17, 15) is 4.79 Å². The summed E-state index contributed by atoms with van der Waals surface area (Å²) in [5.74, 6) is 1.16. The van der Waals surface area contributed by atoms with Crippen LogP contribution in [0, 0.1) is 0 Å². The molecular formula is C15H19ClN4O2. The summed E-state index contributed by atoms with van der Waals surface area (Å²) in [6, 6.07) is 0.346. The minimum absolute atomic E-state index is 0.0758. The molecule has 1 aromatic heterocycles. The fourth-order valence-corrected chi connectivity index (χ4v) is 3.96. The average Bonchev–Trinajstić information content (AvgIpc) is 2.89. The Labute approximate surface area is 134 Å². The van der Waals surface area contributed by atoms with Crippen molar-refractivity contribution >= 4 is 23.3 Å². The second kappa shape index (κ2) is 5.35. The van der Waals surface area contributed by atoms with Gasteiger partial charge in [-0.2, -0.15) is 0 Å². The minimum atomic E-state index is 0.0758. The van der Waals surface area contributed by atoms with Crippen LogP contribution in [0.3, 0.4) is 0 Å². The molecule has 1 aromatic rings. The summed E-state index contributed by atoms with van der Waals surface area (Å²) in [5, 5.41) is 0.272. The highest BCUT2D eigenvalue weighted by atomic mass is 35.5. The molecule has 0 bridgehead atoms. The van der Waals surface area contributed by atoms with Crippen LogP contribution in [-0.4, -0.2) is 53.1 Å².